The van der Waals surface area contributed by atoms with Crippen molar-refractivity contribution in [1.82, 2.24) is 14.6 Å². The lowest BCUT2D eigenvalue weighted by Crippen LogP contribution is -2.35. The zero-order valence-electron chi connectivity index (χ0n) is 22.5. The molecule has 0 unspecified atom stereocenters. The van der Waals surface area contributed by atoms with E-state index < -0.39 is 5.60 Å². The lowest BCUT2D eigenvalue weighted by atomic mass is 9.93. The molecule has 1 aliphatic carbocycles. The first-order valence-electron chi connectivity index (χ1n) is 13.2. The normalized spacial score (nSPS) is 16.3. The van der Waals surface area contributed by atoms with Gasteiger partial charge in [-0.15, -0.1) is 0 Å². The minimum atomic E-state index is -1.01. The number of rotatable bonds is 7. The summed E-state index contributed by atoms with van der Waals surface area (Å²) in [5, 5.41) is 13.8. The molecule has 3 heterocycles. The Balaban J connectivity index is 1.37. The smallest absolute Gasteiger partial charge is 0.329 e. The van der Waals surface area contributed by atoms with Gasteiger partial charge >= 0.3 is 6.03 Å². The summed E-state index contributed by atoms with van der Waals surface area (Å²) < 4.78 is 14.6. The van der Waals surface area contributed by atoms with Crippen LogP contribution in [0.1, 0.15) is 55.4 Å². The molecule has 1 saturated heterocycles. The van der Waals surface area contributed by atoms with E-state index in [1.807, 2.05) is 12.1 Å². The highest BCUT2D eigenvalue weighted by atomic mass is 32.2. The second kappa shape index (κ2) is 11.0. The summed E-state index contributed by atoms with van der Waals surface area (Å²) in [7, 11) is 2.14. The topological polar surface area (TPSA) is 99.9 Å². The van der Waals surface area contributed by atoms with Crippen LogP contribution in [0.25, 0.3) is 11.1 Å². The summed E-state index contributed by atoms with van der Waals surface area (Å²) in [5.74, 6) is 0.614. The van der Waals surface area contributed by atoms with Crippen LogP contribution in [0.15, 0.2) is 46.2 Å². The maximum atomic E-state index is 13.1. The van der Waals surface area contributed by atoms with Gasteiger partial charge in [-0.25, -0.2) is 9.78 Å². The van der Waals surface area contributed by atoms with Crippen LogP contribution >= 0.6 is 11.9 Å². The van der Waals surface area contributed by atoms with E-state index in [1.165, 1.54) is 17.4 Å². The molecular weight excluding hydrogens is 500 g/mol. The summed E-state index contributed by atoms with van der Waals surface area (Å²) in [6.07, 6.45) is 8.41. The Labute approximate surface area is 228 Å². The van der Waals surface area contributed by atoms with E-state index in [2.05, 4.69) is 40.0 Å². The molecule has 9 heteroatoms. The van der Waals surface area contributed by atoms with Crippen molar-refractivity contribution in [1.29, 1.82) is 0 Å². The minimum Gasteiger partial charge on any atom is -0.474 e. The molecule has 8 nitrogen and oxygen atoms in total. The number of carbonyl (C=O) groups excluding carboxylic acids is 1. The summed E-state index contributed by atoms with van der Waals surface area (Å²) in [6, 6.07) is 7.59. The van der Waals surface area contributed by atoms with E-state index in [4.69, 9.17) is 9.15 Å². The number of aryl methyl sites for hydroxylation is 2. The monoisotopic (exact) mass is 536 g/mol. The molecule has 1 aromatic carbocycles. The number of amides is 2. The van der Waals surface area contributed by atoms with Crippen LogP contribution in [0.3, 0.4) is 0 Å². The van der Waals surface area contributed by atoms with Crippen molar-refractivity contribution in [3.05, 3.63) is 59.0 Å². The first-order chi connectivity index (χ1) is 18.2. The number of aromatic nitrogens is 1. The van der Waals surface area contributed by atoms with Gasteiger partial charge in [0.2, 0.25) is 5.88 Å². The molecule has 38 heavy (non-hydrogen) atoms. The molecule has 5 rings (SSSR count). The number of fused-ring (bicyclic) bond motifs is 1. The first-order valence-corrected chi connectivity index (χ1v) is 14.0. The van der Waals surface area contributed by atoms with E-state index >= 15 is 0 Å². The fraction of sp³-hybridized carbons (Fsp3) is 0.448. The van der Waals surface area contributed by atoms with Crippen molar-refractivity contribution in [3.63, 3.8) is 0 Å². The standard InChI is InChI=1S/C29H36N4O4S/c1-18-14-19-6-5-7-23(19)27(31-28(34)32-38-25-16-21(17-36-25)29(2,3)35)26(18)20-8-11-30-24(15-20)37-22-9-12-33(4)13-10-22/h8,11,14-17,22,35H,5-7,9-10,12-13H2,1-4H3,(H2,31,32,34). The number of hydrogen-bond donors (Lipinski definition) is 3. The molecule has 2 aromatic heterocycles. The van der Waals surface area contributed by atoms with Crippen molar-refractivity contribution in [2.75, 3.05) is 25.5 Å². The molecule has 3 aromatic rings. The van der Waals surface area contributed by atoms with Gasteiger partial charge in [-0.3, -0.25) is 4.72 Å². The average molecular weight is 537 g/mol. The Kier molecular flexibility index (Phi) is 7.70. The van der Waals surface area contributed by atoms with Crippen molar-refractivity contribution >= 4 is 23.7 Å². The van der Waals surface area contributed by atoms with Gasteiger partial charge in [-0.1, -0.05) is 6.07 Å². The third-order valence-electron chi connectivity index (χ3n) is 7.34. The molecule has 1 fully saturated rings. The van der Waals surface area contributed by atoms with Crippen LogP contribution in [0, 0.1) is 6.92 Å². The fourth-order valence-corrected chi connectivity index (χ4v) is 5.76. The molecule has 0 bridgehead atoms. The number of hydrogen-bond acceptors (Lipinski definition) is 7. The number of ether oxygens (including phenoxy) is 1. The maximum absolute atomic E-state index is 13.1. The van der Waals surface area contributed by atoms with E-state index in [1.54, 1.807) is 26.1 Å². The highest BCUT2D eigenvalue weighted by molar-refractivity contribution is 7.97. The summed E-state index contributed by atoms with van der Waals surface area (Å²) in [4.78, 5) is 19.9. The Bertz CT molecular complexity index is 1310. The second-order valence-corrected chi connectivity index (χ2v) is 11.6. The second-order valence-electron chi connectivity index (χ2n) is 10.8. The molecule has 202 valence electrons. The van der Waals surface area contributed by atoms with Crippen molar-refractivity contribution < 1.29 is 19.1 Å². The van der Waals surface area contributed by atoms with E-state index in [-0.39, 0.29) is 12.1 Å². The quantitative estimate of drug-likeness (QED) is 0.335. The number of benzene rings is 1. The van der Waals surface area contributed by atoms with Crippen molar-refractivity contribution in [2.45, 2.75) is 69.7 Å². The Morgan fingerprint density at radius 1 is 1.24 bits per heavy atom. The Morgan fingerprint density at radius 2 is 2.03 bits per heavy atom. The van der Waals surface area contributed by atoms with Crippen LogP contribution in [-0.4, -0.2) is 47.3 Å². The zero-order valence-corrected chi connectivity index (χ0v) is 23.3. The number of nitrogens with zero attached hydrogens (tertiary/aromatic N) is 2. The van der Waals surface area contributed by atoms with Gasteiger partial charge in [0.1, 0.15) is 6.10 Å². The molecule has 2 amide bonds. The third kappa shape index (κ3) is 6.00. The van der Waals surface area contributed by atoms with Gasteiger partial charge in [-0.2, -0.15) is 0 Å². The van der Waals surface area contributed by atoms with Crippen LogP contribution in [0.2, 0.25) is 0 Å². The maximum Gasteiger partial charge on any atom is 0.329 e. The van der Waals surface area contributed by atoms with Gasteiger partial charge in [-0.05, 0) is 94.3 Å². The summed E-state index contributed by atoms with van der Waals surface area (Å²) >= 11 is 1.07. The Morgan fingerprint density at radius 3 is 2.76 bits per heavy atom. The van der Waals surface area contributed by atoms with Gasteiger partial charge in [0.05, 0.1) is 17.6 Å². The first kappa shape index (κ1) is 26.6. The minimum absolute atomic E-state index is 0.161. The highest BCUT2D eigenvalue weighted by Gasteiger charge is 2.24. The van der Waals surface area contributed by atoms with Crippen molar-refractivity contribution in [2.24, 2.45) is 0 Å². The van der Waals surface area contributed by atoms with Crippen LogP contribution in [0.5, 0.6) is 5.88 Å². The average Bonchev–Trinajstić information content (AvgIpc) is 3.54. The number of piperidine rings is 1. The zero-order chi connectivity index (χ0) is 26.9. The van der Waals surface area contributed by atoms with Gasteiger partial charge in [0.25, 0.3) is 0 Å². The molecule has 3 N–H and O–H groups in total. The number of furan rings is 1. The molecule has 2 aliphatic rings. The number of likely N-dealkylation sites (tertiary alicyclic amines) is 1. The van der Waals surface area contributed by atoms with Crippen molar-refractivity contribution in [3.8, 4) is 17.0 Å². The van der Waals surface area contributed by atoms with Crippen LogP contribution in [-0.2, 0) is 18.4 Å². The van der Waals surface area contributed by atoms with Gasteiger partial charge in [0.15, 0.2) is 5.09 Å². The van der Waals surface area contributed by atoms with Crippen LogP contribution in [0.4, 0.5) is 10.5 Å². The number of pyridine rings is 1. The van der Waals surface area contributed by atoms with E-state index in [9.17, 15) is 9.90 Å². The number of aliphatic hydroxyl groups is 1. The third-order valence-corrected chi connectivity index (χ3v) is 8.04. The van der Waals surface area contributed by atoms with E-state index in [0.29, 0.717) is 16.5 Å². The lowest BCUT2D eigenvalue weighted by Gasteiger charge is -2.29. The predicted molar refractivity (Wildman–Crippen MR) is 150 cm³/mol. The number of nitrogens with one attached hydrogen (secondary N) is 2. The van der Waals surface area contributed by atoms with E-state index in [0.717, 1.165) is 79.5 Å². The van der Waals surface area contributed by atoms with Crippen LogP contribution < -0.4 is 14.8 Å². The Hall–Kier alpha value is -3.01. The molecule has 0 spiro atoms. The molecule has 0 radical (unpaired) electrons. The SMILES string of the molecule is Cc1cc2c(c(NC(=O)NSc3cc(C(C)(C)O)co3)c1-c1ccnc(OC3CCN(C)CC3)c1)CCC2. The summed E-state index contributed by atoms with van der Waals surface area (Å²) in [6.45, 7) is 7.51. The predicted octanol–water partition coefficient (Wildman–Crippen LogP) is 5.67. The van der Waals surface area contributed by atoms with Gasteiger partial charge in [0, 0.05) is 48.4 Å². The molecule has 1 aliphatic heterocycles. The number of anilines is 1. The van der Waals surface area contributed by atoms with Gasteiger partial charge < -0.3 is 24.5 Å². The number of urea groups is 1. The lowest BCUT2D eigenvalue weighted by molar-refractivity contribution is 0.0779. The largest absolute Gasteiger partial charge is 0.474 e. The fourth-order valence-electron chi connectivity index (χ4n) is 5.23. The number of carbonyl (C=O) groups is 1. The molecule has 0 atom stereocenters. The highest BCUT2D eigenvalue weighted by Crippen LogP contribution is 2.41. The molecule has 0 saturated carbocycles. The summed E-state index contributed by atoms with van der Waals surface area (Å²) in [5.41, 5.74) is 6.01. The molecular formula is C29H36N4O4S.